The lowest BCUT2D eigenvalue weighted by Gasteiger charge is -2.32. The maximum atomic E-state index is 12.4. The predicted molar refractivity (Wildman–Crippen MR) is 120 cm³/mol. The highest BCUT2D eigenvalue weighted by atomic mass is 16.6. The van der Waals surface area contributed by atoms with E-state index < -0.39 is 11.7 Å². The van der Waals surface area contributed by atoms with Crippen LogP contribution in [0.15, 0.2) is 24.3 Å². The van der Waals surface area contributed by atoms with Crippen molar-refractivity contribution in [2.45, 2.75) is 45.6 Å². The Morgan fingerprint density at radius 1 is 1.06 bits per heavy atom. The Hall–Kier alpha value is -2.97. The summed E-state index contributed by atoms with van der Waals surface area (Å²) in [5, 5.41) is 5.48. The van der Waals surface area contributed by atoms with E-state index in [-0.39, 0.29) is 31.4 Å². The van der Waals surface area contributed by atoms with Crippen molar-refractivity contribution in [1.29, 1.82) is 0 Å². The minimum absolute atomic E-state index is 0.0353. The normalized spacial score (nSPS) is 14.4. The third kappa shape index (κ3) is 9.03. The van der Waals surface area contributed by atoms with E-state index in [2.05, 4.69) is 10.6 Å². The van der Waals surface area contributed by atoms with E-state index in [0.29, 0.717) is 37.1 Å². The Morgan fingerprint density at radius 3 is 2.34 bits per heavy atom. The fourth-order valence-electron chi connectivity index (χ4n) is 3.29. The molecule has 178 valence electrons. The van der Waals surface area contributed by atoms with Crippen molar-refractivity contribution < 1.29 is 28.6 Å². The molecule has 2 N–H and O–H groups in total. The molecule has 1 heterocycles. The first-order valence-corrected chi connectivity index (χ1v) is 10.9. The maximum absolute atomic E-state index is 12.4. The van der Waals surface area contributed by atoms with Crippen molar-refractivity contribution in [1.82, 2.24) is 15.5 Å². The van der Waals surface area contributed by atoms with Crippen molar-refractivity contribution >= 4 is 17.9 Å². The van der Waals surface area contributed by atoms with Gasteiger partial charge in [0.15, 0.2) is 18.1 Å². The van der Waals surface area contributed by atoms with Gasteiger partial charge in [-0.05, 0) is 51.7 Å². The molecule has 9 nitrogen and oxygen atoms in total. The zero-order valence-corrected chi connectivity index (χ0v) is 19.4. The number of rotatable bonds is 9. The zero-order chi connectivity index (χ0) is 23.6. The summed E-state index contributed by atoms with van der Waals surface area (Å²) in [5.74, 6) is 1.27. The van der Waals surface area contributed by atoms with E-state index in [4.69, 9.17) is 14.2 Å². The summed E-state index contributed by atoms with van der Waals surface area (Å²) in [6, 6.07) is 7.22. The number of amides is 3. The lowest BCUT2D eigenvalue weighted by molar-refractivity contribution is -0.135. The fraction of sp³-hybridized carbons (Fsp3) is 0.609. The number of ether oxygens (including phenoxy) is 3. The second-order valence-electron chi connectivity index (χ2n) is 8.75. The second-order valence-corrected chi connectivity index (χ2v) is 8.75. The number of carbonyl (C=O) groups is 3. The molecule has 0 spiro atoms. The summed E-state index contributed by atoms with van der Waals surface area (Å²) >= 11 is 0. The Balaban J connectivity index is 1.60. The van der Waals surface area contributed by atoms with Gasteiger partial charge in [0.2, 0.25) is 5.91 Å². The molecule has 1 aromatic carbocycles. The summed E-state index contributed by atoms with van der Waals surface area (Å²) < 4.78 is 16.0. The van der Waals surface area contributed by atoms with E-state index in [9.17, 15) is 14.4 Å². The number of methoxy groups -OCH3 is 1. The highest BCUT2D eigenvalue weighted by Gasteiger charge is 2.23. The molecule has 0 aliphatic carbocycles. The van der Waals surface area contributed by atoms with Crippen molar-refractivity contribution in [3.8, 4) is 11.5 Å². The van der Waals surface area contributed by atoms with Crippen LogP contribution in [0.25, 0.3) is 0 Å². The number of nitrogens with one attached hydrogen (secondary N) is 2. The molecule has 2 rings (SSSR count). The number of nitrogens with zero attached hydrogens (tertiary/aromatic N) is 1. The number of piperidine rings is 1. The SMILES string of the molecule is COc1ccccc1OCC(=O)N1CCC(CNC(=O)CCNC(=O)OC(C)(C)C)CC1. The van der Waals surface area contributed by atoms with Gasteiger partial charge in [0.25, 0.3) is 5.91 Å². The van der Waals surface area contributed by atoms with E-state index in [0.717, 1.165) is 12.8 Å². The first-order valence-electron chi connectivity index (χ1n) is 10.9. The molecule has 0 bridgehead atoms. The quantitative estimate of drug-likeness (QED) is 0.599. The van der Waals surface area contributed by atoms with Gasteiger partial charge < -0.3 is 29.7 Å². The van der Waals surface area contributed by atoms with Crippen LogP contribution in [-0.4, -0.2) is 68.3 Å². The molecule has 1 saturated heterocycles. The van der Waals surface area contributed by atoms with E-state index in [1.165, 1.54) is 0 Å². The van der Waals surface area contributed by atoms with Crippen LogP contribution in [0.5, 0.6) is 11.5 Å². The summed E-state index contributed by atoms with van der Waals surface area (Å²) in [5.41, 5.74) is -0.566. The molecule has 0 radical (unpaired) electrons. The van der Waals surface area contributed by atoms with Crippen LogP contribution in [0, 0.1) is 5.92 Å². The van der Waals surface area contributed by atoms with Crippen molar-refractivity contribution in [3.05, 3.63) is 24.3 Å². The molecule has 1 aromatic rings. The van der Waals surface area contributed by atoms with Crippen LogP contribution in [0.3, 0.4) is 0 Å². The summed E-state index contributed by atoms with van der Waals surface area (Å²) in [7, 11) is 1.56. The van der Waals surface area contributed by atoms with Gasteiger partial charge in [-0.25, -0.2) is 4.79 Å². The molecule has 0 atom stereocenters. The molecule has 0 unspecified atom stereocenters. The second kappa shape index (κ2) is 12.2. The summed E-state index contributed by atoms with van der Waals surface area (Å²) in [4.78, 5) is 37.8. The summed E-state index contributed by atoms with van der Waals surface area (Å²) in [6.07, 6.45) is 1.29. The van der Waals surface area contributed by atoms with Crippen LogP contribution in [0.2, 0.25) is 0 Å². The molecule has 1 fully saturated rings. The maximum Gasteiger partial charge on any atom is 0.407 e. The minimum atomic E-state index is -0.566. The third-order valence-electron chi connectivity index (χ3n) is 5.00. The largest absolute Gasteiger partial charge is 0.493 e. The van der Waals surface area contributed by atoms with Crippen molar-refractivity contribution in [2.24, 2.45) is 5.92 Å². The lowest BCUT2D eigenvalue weighted by atomic mass is 9.96. The molecule has 0 aromatic heterocycles. The number of alkyl carbamates (subject to hydrolysis) is 1. The molecular formula is C23H35N3O6. The Morgan fingerprint density at radius 2 is 1.72 bits per heavy atom. The molecule has 1 aliphatic heterocycles. The van der Waals surface area contributed by atoms with E-state index >= 15 is 0 Å². The van der Waals surface area contributed by atoms with Gasteiger partial charge in [-0.3, -0.25) is 9.59 Å². The average molecular weight is 450 g/mol. The van der Waals surface area contributed by atoms with Gasteiger partial charge in [-0.15, -0.1) is 0 Å². The molecule has 1 aliphatic rings. The van der Waals surface area contributed by atoms with Crippen LogP contribution in [0.4, 0.5) is 4.79 Å². The molecule has 3 amide bonds. The van der Waals surface area contributed by atoms with Gasteiger partial charge in [0.1, 0.15) is 5.60 Å². The number of hydrogen-bond donors (Lipinski definition) is 2. The molecule has 32 heavy (non-hydrogen) atoms. The zero-order valence-electron chi connectivity index (χ0n) is 19.4. The van der Waals surface area contributed by atoms with Gasteiger partial charge in [0, 0.05) is 32.6 Å². The minimum Gasteiger partial charge on any atom is -0.493 e. The lowest BCUT2D eigenvalue weighted by Crippen LogP contribution is -2.43. The number of carbonyl (C=O) groups excluding carboxylic acids is 3. The van der Waals surface area contributed by atoms with Crippen LogP contribution >= 0.6 is 0 Å². The van der Waals surface area contributed by atoms with Gasteiger partial charge in [-0.2, -0.15) is 0 Å². The number of likely N-dealkylation sites (tertiary alicyclic amines) is 1. The first-order chi connectivity index (χ1) is 15.2. The Bertz CT molecular complexity index is 769. The third-order valence-corrected chi connectivity index (χ3v) is 5.00. The molecule has 9 heteroatoms. The van der Waals surface area contributed by atoms with E-state index in [1.807, 2.05) is 12.1 Å². The highest BCUT2D eigenvalue weighted by Crippen LogP contribution is 2.26. The van der Waals surface area contributed by atoms with Gasteiger partial charge in [-0.1, -0.05) is 12.1 Å². The van der Waals surface area contributed by atoms with Crippen LogP contribution in [0.1, 0.15) is 40.0 Å². The fourth-order valence-corrected chi connectivity index (χ4v) is 3.29. The molecule has 0 saturated carbocycles. The number of hydrogen-bond acceptors (Lipinski definition) is 6. The van der Waals surface area contributed by atoms with Gasteiger partial charge >= 0.3 is 6.09 Å². The highest BCUT2D eigenvalue weighted by molar-refractivity contribution is 5.78. The van der Waals surface area contributed by atoms with Gasteiger partial charge in [0.05, 0.1) is 7.11 Å². The Kier molecular flexibility index (Phi) is 9.61. The predicted octanol–water partition coefficient (Wildman–Crippen LogP) is 2.34. The number of benzene rings is 1. The molecular weight excluding hydrogens is 414 g/mol. The Labute approximate surface area is 189 Å². The topological polar surface area (TPSA) is 106 Å². The van der Waals surface area contributed by atoms with Crippen molar-refractivity contribution in [3.63, 3.8) is 0 Å². The standard InChI is InChI=1S/C23H35N3O6/c1-23(2,3)32-22(29)24-12-9-20(27)25-15-17-10-13-26(14-11-17)21(28)16-31-19-8-6-5-7-18(19)30-4/h5-8,17H,9-16H2,1-4H3,(H,24,29)(H,25,27). The monoisotopic (exact) mass is 449 g/mol. The smallest absolute Gasteiger partial charge is 0.407 e. The average Bonchev–Trinajstić information content (AvgIpc) is 2.75. The first kappa shape index (κ1) is 25.3. The van der Waals surface area contributed by atoms with Crippen LogP contribution in [-0.2, 0) is 14.3 Å². The number of para-hydroxylation sites is 2. The van der Waals surface area contributed by atoms with E-state index in [1.54, 1.807) is 44.9 Å². The van der Waals surface area contributed by atoms with Crippen LogP contribution < -0.4 is 20.1 Å². The summed E-state index contributed by atoms with van der Waals surface area (Å²) in [6.45, 7) is 7.36. The van der Waals surface area contributed by atoms with Crippen molar-refractivity contribution in [2.75, 3.05) is 39.9 Å².